The SMILES string of the molecule is CCN(CCCl)C(=O)c1cccc(S(C)(=O)=O)c1. The highest BCUT2D eigenvalue weighted by molar-refractivity contribution is 7.90. The number of carbonyl (C=O) groups excluding carboxylic acids is 1. The van der Waals surface area contributed by atoms with Gasteiger partial charge in [0.15, 0.2) is 9.84 Å². The second-order valence-corrected chi connectivity index (χ2v) is 6.27. The van der Waals surface area contributed by atoms with E-state index < -0.39 is 9.84 Å². The minimum absolute atomic E-state index is 0.148. The van der Waals surface area contributed by atoms with Gasteiger partial charge in [-0.25, -0.2) is 8.42 Å². The van der Waals surface area contributed by atoms with E-state index in [-0.39, 0.29) is 10.8 Å². The summed E-state index contributed by atoms with van der Waals surface area (Å²) < 4.78 is 22.9. The Kier molecular flexibility index (Phi) is 5.16. The van der Waals surface area contributed by atoms with Crippen molar-refractivity contribution in [1.82, 2.24) is 4.90 Å². The molecule has 0 aromatic heterocycles. The van der Waals surface area contributed by atoms with E-state index in [2.05, 4.69) is 0 Å². The molecule has 1 rings (SSSR count). The summed E-state index contributed by atoms with van der Waals surface area (Å²) in [5.41, 5.74) is 0.366. The van der Waals surface area contributed by atoms with Gasteiger partial charge in [0, 0.05) is 30.8 Å². The molecule has 18 heavy (non-hydrogen) atoms. The van der Waals surface area contributed by atoms with Crippen LogP contribution in [0.5, 0.6) is 0 Å². The van der Waals surface area contributed by atoms with Crippen molar-refractivity contribution in [2.45, 2.75) is 11.8 Å². The predicted molar refractivity (Wildman–Crippen MR) is 71.8 cm³/mol. The fraction of sp³-hybridized carbons (Fsp3) is 0.417. The average molecular weight is 290 g/mol. The monoisotopic (exact) mass is 289 g/mol. The zero-order valence-electron chi connectivity index (χ0n) is 10.4. The topological polar surface area (TPSA) is 54.5 Å². The number of hydrogen-bond acceptors (Lipinski definition) is 3. The summed E-state index contributed by atoms with van der Waals surface area (Å²) >= 11 is 5.62. The van der Waals surface area contributed by atoms with E-state index >= 15 is 0 Å². The molecule has 100 valence electrons. The van der Waals surface area contributed by atoms with Gasteiger partial charge in [0.2, 0.25) is 0 Å². The molecule has 0 atom stereocenters. The van der Waals surface area contributed by atoms with Crippen LogP contribution in [0.15, 0.2) is 29.2 Å². The van der Waals surface area contributed by atoms with Crippen LogP contribution in [0.1, 0.15) is 17.3 Å². The van der Waals surface area contributed by atoms with Crippen LogP contribution in [0.2, 0.25) is 0 Å². The summed E-state index contributed by atoms with van der Waals surface area (Å²) in [4.78, 5) is 13.8. The molecule has 6 heteroatoms. The van der Waals surface area contributed by atoms with Gasteiger partial charge in [-0.05, 0) is 25.1 Å². The van der Waals surface area contributed by atoms with Crippen LogP contribution in [0, 0.1) is 0 Å². The molecule has 0 radical (unpaired) electrons. The normalized spacial score (nSPS) is 11.3. The van der Waals surface area contributed by atoms with Gasteiger partial charge in [0.05, 0.1) is 4.90 Å². The van der Waals surface area contributed by atoms with Gasteiger partial charge in [-0.15, -0.1) is 11.6 Å². The van der Waals surface area contributed by atoms with Crippen molar-refractivity contribution in [1.29, 1.82) is 0 Å². The Balaban J connectivity index is 3.07. The first-order valence-electron chi connectivity index (χ1n) is 5.55. The lowest BCUT2D eigenvalue weighted by atomic mass is 10.2. The Bertz CT molecular complexity index is 528. The van der Waals surface area contributed by atoms with Crippen LogP contribution in [0.3, 0.4) is 0 Å². The fourth-order valence-corrected chi connectivity index (χ4v) is 2.42. The second kappa shape index (κ2) is 6.20. The maximum Gasteiger partial charge on any atom is 0.253 e. The molecular weight excluding hydrogens is 274 g/mol. The number of rotatable bonds is 5. The van der Waals surface area contributed by atoms with Crippen molar-refractivity contribution < 1.29 is 13.2 Å². The van der Waals surface area contributed by atoms with E-state index in [1.807, 2.05) is 6.92 Å². The van der Waals surface area contributed by atoms with Crippen molar-refractivity contribution in [3.05, 3.63) is 29.8 Å². The number of amides is 1. The van der Waals surface area contributed by atoms with E-state index in [9.17, 15) is 13.2 Å². The number of nitrogens with zero attached hydrogens (tertiary/aromatic N) is 1. The third-order valence-corrected chi connectivity index (χ3v) is 3.81. The zero-order valence-corrected chi connectivity index (χ0v) is 12.0. The number of alkyl halides is 1. The van der Waals surface area contributed by atoms with E-state index in [1.54, 1.807) is 17.0 Å². The molecule has 0 saturated carbocycles. The molecule has 0 aliphatic carbocycles. The standard InChI is InChI=1S/C12H16ClNO3S/c1-3-14(8-7-13)12(15)10-5-4-6-11(9-10)18(2,16)17/h4-6,9H,3,7-8H2,1-2H3. The van der Waals surface area contributed by atoms with E-state index in [1.165, 1.54) is 12.1 Å². The number of carbonyl (C=O) groups is 1. The molecule has 1 aromatic carbocycles. The van der Waals surface area contributed by atoms with Gasteiger partial charge in [-0.3, -0.25) is 4.79 Å². The molecule has 0 aliphatic heterocycles. The van der Waals surface area contributed by atoms with Crippen molar-refractivity contribution >= 4 is 27.3 Å². The third kappa shape index (κ3) is 3.71. The maximum atomic E-state index is 12.1. The first-order valence-corrected chi connectivity index (χ1v) is 7.98. The summed E-state index contributed by atoms with van der Waals surface area (Å²) in [6.45, 7) is 2.83. The molecule has 0 N–H and O–H groups in total. The van der Waals surface area contributed by atoms with E-state index in [0.717, 1.165) is 6.26 Å². The summed E-state index contributed by atoms with van der Waals surface area (Å²) in [6.07, 6.45) is 1.12. The predicted octanol–water partition coefficient (Wildman–Crippen LogP) is 1.79. The zero-order chi connectivity index (χ0) is 13.8. The number of halogens is 1. The number of hydrogen-bond donors (Lipinski definition) is 0. The Hall–Kier alpha value is -1.07. The number of sulfone groups is 1. The summed E-state index contributed by atoms with van der Waals surface area (Å²) in [5, 5.41) is 0. The lowest BCUT2D eigenvalue weighted by molar-refractivity contribution is 0.0774. The minimum Gasteiger partial charge on any atom is -0.338 e. The van der Waals surface area contributed by atoms with Crippen molar-refractivity contribution in [3.8, 4) is 0 Å². The highest BCUT2D eigenvalue weighted by Crippen LogP contribution is 2.13. The van der Waals surface area contributed by atoms with Crippen LogP contribution in [-0.2, 0) is 9.84 Å². The van der Waals surface area contributed by atoms with E-state index in [4.69, 9.17) is 11.6 Å². The largest absolute Gasteiger partial charge is 0.338 e. The molecule has 0 bridgehead atoms. The van der Waals surface area contributed by atoms with Crippen LogP contribution in [0.25, 0.3) is 0 Å². The highest BCUT2D eigenvalue weighted by Gasteiger charge is 2.16. The Morgan fingerprint density at radius 3 is 2.56 bits per heavy atom. The summed E-state index contributed by atoms with van der Waals surface area (Å²) in [7, 11) is -3.30. The molecule has 1 aromatic rings. The molecule has 0 aliphatic rings. The van der Waals surface area contributed by atoms with Gasteiger partial charge in [0.25, 0.3) is 5.91 Å². The quantitative estimate of drug-likeness (QED) is 0.777. The van der Waals surface area contributed by atoms with Crippen molar-refractivity contribution in [2.75, 3.05) is 25.2 Å². The Morgan fingerprint density at radius 2 is 2.06 bits per heavy atom. The molecule has 0 fully saturated rings. The molecule has 0 heterocycles. The molecule has 0 saturated heterocycles. The first-order chi connectivity index (χ1) is 8.40. The summed E-state index contributed by atoms with van der Waals surface area (Å²) in [6, 6.07) is 6.05. The minimum atomic E-state index is -3.30. The van der Waals surface area contributed by atoms with E-state index in [0.29, 0.717) is 24.5 Å². The smallest absolute Gasteiger partial charge is 0.253 e. The van der Waals surface area contributed by atoms with Crippen molar-refractivity contribution in [2.24, 2.45) is 0 Å². The van der Waals surface area contributed by atoms with Crippen molar-refractivity contribution in [3.63, 3.8) is 0 Å². The Morgan fingerprint density at radius 1 is 1.39 bits per heavy atom. The van der Waals surface area contributed by atoms with Crippen LogP contribution < -0.4 is 0 Å². The average Bonchev–Trinajstić information content (AvgIpc) is 2.34. The Labute approximate surface area is 112 Å². The third-order valence-electron chi connectivity index (χ3n) is 2.53. The maximum absolute atomic E-state index is 12.1. The van der Waals surface area contributed by atoms with Crippen LogP contribution in [0.4, 0.5) is 0 Å². The molecule has 0 spiro atoms. The second-order valence-electron chi connectivity index (χ2n) is 3.87. The lowest BCUT2D eigenvalue weighted by Crippen LogP contribution is -2.32. The molecular formula is C12H16ClNO3S. The number of benzene rings is 1. The van der Waals surface area contributed by atoms with Gasteiger partial charge >= 0.3 is 0 Å². The first kappa shape index (κ1) is 15.0. The van der Waals surface area contributed by atoms with Crippen LogP contribution >= 0.6 is 11.6 Å². The van der Waals surface area contributed by atoms with Gasteiger partial charge in [-0.2, -0.15) is 0 Å². The summed E-state index contributed by atoms with van der Waals surface area (Å²) in [5.74, 6) is 0.148. The van der Waals surface area contributed by atoms with Gasteiger partial charge in [0.1, 0.15) is 0 Å². The lowest BCUT2D eigenvalue weighted by Gasteiger charge is -2.19. The fourth-order valence-electron chi connectivity index (χ4n) is 1.55. The highest BCUT2D eigenvalue weighted by atomic mass is 35.5. The molecule has 0 unspecified atom stereocenters. The van der Waals surface area contributed by atoms with Crippen LogP contribution in [-0.4, -0.2) is 44.5 Å². The van der Waals surface area contributed by atoms with Gasteiger partial charge < -0.3 is 4.90 Å². The molecule has 1 amide bonds. The van der Waals surface area contributed by atoms with Gasteiger partial charge in [-0.1, -0.05) is 6.07 Å². The molecule has 4 nitrogen and oxygen atoms in total.